The van der Waals surface area contributed by atoms with Gasteiger partial charge in [0.05, 0.1) is 6.04 Å². The average Bonchev–Trinajstić information content (AvgIpc) is 2.72. The summed E-state index contributed by atoms with van der Waals surface area (Å²) in [6, 6.07) is 7.94. The molecule has 124 valence electrons. The molecule has 5 heteroatoms. The highest BCUT2D eigenvalue weighted by atomic mass is 16.2. The second-order valence-corrected chi connectivity index (χ2v) is 6.74. The van der Waals surface area contributed by atoms with E-state index in [0.717, 1.165) is 44.5 Å². The van der Waals surface area contributed by atoms with Gasteiger partial charge in [0.25, 0.3) is 0 Å². The Morgan fingerprint density at radius 1 is 1.17 bits per heavy atom. The molecule has 0 saturated carbocycles. The Bertz CT molecular complexity index is 592. The largest absolute Gasteiger partial charge is 0.349 e. The van der Waals surface area contributed by atoms with Crippen LogP contribution in [0.4, 0.5) is 5.69 Å². The van der Waals surface area contributed by atoms with Gasteiger partial charge in [-0.2, -0.15) is 0 Å². The minimum atomic E-state index is -0.0854. The first-order valence-corrected chi connectivity index (χ1v) is 8.40. The van der Waals surface area contributed by atoms with E-state index in [1.54, 1.807) is 4.90 Å². The molecule has 0 spiro atoms. The predicted octanol–water partition coefficient (Wildman–Crippen LogP) is 1.74. The van der Waals surface area contributed by atoms with Gasteiger partial charge in [0.15, 0.2) is 0 Å². The second-order valence-electron chi connectivity index (χ2n) is 6.74. The van der Waals surface area contributed by atoms with E-state index < -0.39 is 0 Å². The number of carbonyl (C=O) groups is 2. The number of hydrogen-bond acceptors (Lipinski definition) is 3. The molecule has 1 aromatic rings. The van der Waals surface area contributed by atoms with Crippen molar-refractivity contribution in [2.24, 2.45) is 5.92 Å². The zero-order chi connectivity index (χ0) is 16.4. The molecule has 0 aliphatic carbocycles. The van der Waals surface area contributed by atoms with Crippen LogP contribution in [0.3, 0.4) is 0 Å². The quantitative estimate of drug-likeness (QED) is 0.904. The fourth-order valence-electron chi connectivity index (χ4n) is 3.67. The number of benzene rings is 1. The molecule has 1 saturated heterocycles. The van der Waals surface area contributed by atoms with Crippen molar-refractivity contribution < 1.29 is 9.59 Å². The molecule has 2 aliphatic rings. The number of anilines is 1. The number of piperidine rings is 1. The Kier molecular flexibility index (Phi) is 4.66. The van der Waals surface area contributed by atoms with Gasteiger partial charge < -0.3 is 10.2 Å². The van der Waals surface area contributed by atoms with Gasteiger partial charge >= 0.3 is 0 Å². The molecule has 5 nitrogen and oxygen atoms in total. The molecular formula is C18H25N3O2. The van der Waals surface area contributed by atoms with Gasteiger partial charge in [-0.1, -0.05) is 18.2 Å². The standard InChI is InChI=1S/C18H25N3O2/c1-20(2)18(23)14-9-11-21(12-10-14)16-8-7-13-5-3-4-6-15(13)19-17(16)22/h3-6,14,16H,7-12H2,1-2H3,(H,19,22)/t16-/m0/s1. The molecule has 2 aliphatic heterocycles. The normalized spacial score (nSPS) is 22.9. The van der Waals surface area contributed by atoms with Crippen LogP contribution in [0.5, 0.6) is 0 Å². The number of rotatable bonds is 2. The molecule has 0 unspecified atom stereocenters. The molecule has 0 aromatic heterocycles. The molecule has 2 heterocycles. The van der Waals surface area contributed by atoms with Crippen LogP contribution in [0, 0.1) is 5.92 Å². The van der Waals surface area contributed by atoms with Crippen molar-refractivity contribution in [3.63, 3.8) is 0 Å². The van der Waals surface area contributed by atoms with E-state index >= 15 is 0 Å². The van der Waals surface area contributed by atoms with Gasteiger partial charge in [-0.25, -0.2) is 0 Å². The number of carbonyl (C=O) groups excluding carboxylic acids is 2. The summed E-state index contributed by atoms with van der Waals surface area (Å²) < 4.78 is 0. The van der Waals surface area contributed by atoms with Crippen LogP contribution in [0.25, 0.3) is 0 Å². The molecule has 1 atom stereocenters. The number of nitrogens with zero attached hydrogens (tertiary/aromatic N) is 2. The molecule has 1 aromatic carbocycles. The van der Waals surface area contributed by atoms with Gasteiger partial charge in [0.1, 0.15) is 0 Å². The predicted molar refractivity (Wildman–Crippen MR) is 90.2 cm³/mol. The SMILES string of the molecule is CN(C)C(=O)C1CCN([C@H]2CCc3ccccc3NC2=O)CC1. The van der Waals surface area contributed by atoms with E-state index in [4.69, 9.17) is 0 Å². The van der Waals surface area contributed by atoms with Gasteiger partial charge in [0.2, 0.25) is 11.8 Å². The van der Waals surface area contributed by atoms with Crippen molar-refractivity contribution in [1.82, 2.24) is 9.80 Å². The summed E-state index contributed by atoms with van der Waals surface area (Å²) >= 11 is 0. The number of para-hydroxylation sites is 1. The number of amides is 2. The zero-order valence-electron chi connectivity index (χ0n) is 13.9. The van der Waals surface area contributed by atoms with Gasteiger partial charge in [-0.05, 0) is 50.4 Å². The Hall–Kier alpha value is -1.88. The third-order valence-electron chi connectivity index (χ3n) is 5.03. The summed E-state index contributed by atoms with van der Waals surface area (Å²) in [4.78, 5) is 28.6. The van der Waals surface area contributed by atoms with Crippen molar-refractivity contribution in [3.8, 4) is 0 Å². The number of likely N-dealkylation sites (tertiary alicyclic amines) is 1. The monoisotopic (exact) mass is 315 g/mol. The smallest absolute Gasteiger partial charge is 0.241 e. The first-order valence-electron chi connectivity index (χ1n) is 8.40. The van der Waals surface area contributed by atoms with E-state index in [2.05, 4.69) is 16.3 Å². The fourth-order valence-corrected chi connectivity index (χ4v) is 3.67. The van der Waals surface area contributed by atoms with Crippen LogP contribution in [0.1, 0.15) is 24.8 Å². The lowest BCUT2D eigenvalue weighted by Gasteiger charge is -2.36. The van der Waals surface area contributed by atoms with Crippen molar-refractivity contribution in [1.29, 1.82) is 0 Å². The summed E-state index contributed by atoms with van der Waals surface area (Å²) in [5.41, 5.74) is 2.15. The van der Waals surface area contributed by atoms with Crippen LogP contribution in [0.2, 0.25) is 0 Å². The summed E-state index contributed by atoms with van der Waals surface area (Å²) in [7, 11) is 3.62. The maximum Gasteiger partial charge on any atom is 0.241 e. The van der Waals surface area contributed by atoms with Gasteiger partial charge in [-0.15, -0.1) is 0 Å². The summed E-state index contributed by atoms with van der Waals surface area (Å²) in [6.45, 7) is 1.64. The molecule has 1 N–H and O–H groups in total. The van der Waals surface area contributed by atoms with Crippen LogP contribution in [-0.4, -0.2) is 54.8 Å². The van der Waals surface area contributed by atoms with Crippen molar-refractivity contribution in [2.45, 2.75) is 31.7 Å². The molecule has 0 bridgehead atoms. The third-order valence-corrected chi connectivity index (χ3v) is 5.03. The van der Waals surface area contributed by atoms with Crippen molar-refractivity contribution in [3.05, 3.63) is 29.8 Å². The minimum Gasteiger partial charge on any atom is -0.349 e. The highest BCUT2D eigenvalue weighted by molar-refractivity contribution is 5.96. The van der Waals surface area contributed by atoms with Crippen LogP contribution < -0.4 is 5.32 Å². The van der Waals surface area contributed by atoms with E-state index in [0.29, 0.717) is 0 Å². The molecule has 0 radical (unpaired) electrons. The number of fused-ring (bicyclic) bond motifs is 1. The first-order chi connectivity index (χ1) is 11.1. The Labute approximate surface area is 137 Å². The summed E-state index contributed by atoms with van der Waals surface area (Å²) in [6.07, 6.45) is 3.44. The van der Waals surface area contributed by atoms with Crippen LogP contribution in [0.15, 0.2) is 24.3 Å². The Morgan fingerprint density at radius 2 is 1.87 bits per heavy atom. The van der Waals surface area contributed by atoms with Crippen molar-refractivity contribution >= 4 is 17.5 Å². The lowest BCUT2D eigenvalue weighted by Crippen LogP contribution is -2.49. The first kappa shape index (κ1) is 16.0. The van der Waals surface area contributed by atoms with E-state index in [1.807, 2.05) is 32.3 Å². The molecule has 23 heavy (non-hydrogen) atoms. The highest BCUT2D eigenvalue weighted by Gasteiger charge is 2.33. The maximum absolute atomic E-state index is 12.6. The molecule has 2 amide bonds. The molecular weight excluding hydrogens is 290 g/mol. The fraction of sp³-hybridized carbons (Fsp3) is 0.556. The molecule has 1 fully saturated rings. The number of hydrogen-bond donors (Lipinski definition) is 1. The second kappa shape index (κ2) is 6.71. The summed E-state index contributed by atoms with van der Waals surface area (Å²) in [5, 5.41) is 3.07. The number of nitrogens with one attached hydrogen (secondary N) is 1. The topological polar surface area (TPSA) is 52.7 Å². The lowest BCUT2D eigenvalue weighted by atomic mass is 9.93. The van der Waals surface area contributed by atoms with Gasteiger partial charge in [-0.3, -0.25) is 14.5 Å². The van der Waals surface area contributed by atoms with E-state index in [1.165, 1.54) is 5.56 Å². The Balaban J connectivity index is 1.63. The van der Waals surface area contributed by atoms with Crippen molar-refractivity contribution in [2.75, 3.05) is 32.5 Å². The highest BCUT2D eigenvalue weighted by Crippen LogP contribution is 2.27. The van der Waals surface area contributed by atoms with Crippen LogP contribution in [-0.2, 0) is 16.0 Å². The third kappa shape index (κ3) is 3.39. The van der Waals surface area contributed by atoms with E-state index in [-0.39, 0.29) is 23.8 Å². The number of aryl methyl sites for hydroxylation is 1. The lowest BCUT2D eigenvalue weighted by molar-refractivity contribution is -0.134. The Morgan fingerprint density at radius 3 is 2.57 bits per heavy atom. The maximum atomic E-state index is 12.6. The summed E-state index contributed by atoms with van der Waals surface area (Å²) in [5.74, 6) is 0.405. The minimum absolute atomic E-state index is 0.0854. The zero-order valence-corrected chi connectivity index (χ0v) is 13.9. The van der Waals surface area contributed by atoms with E-state index in [9.17, 15) is 9.59 Å². The van der Waals surface area contributed by atoms with Crippen LogP contribution >= 0.6 is 0 Å². The molecule has 3 rings (SSSR count). The average molecular weight is 315 g/mol. The van der Waals surface area contributed by atoms with Gasteiger partial charge in [0, 0.05) is 25.7 Å².